The second-order valence-corrected chi connectivity index (χ2v) is 5.17. The van der Waals surface area contributed by atoms with Gasteiger partial charge in [0.15, 0.2) is 6.10 Å². The fraction of sp³-hybridized carbons (Fsp3) is 0.500. The van der Waals surface area contributed by atoms with Crippen molar-refractivity contribution in [3.63, 3.8) is 0 Å². The van der Waals surface area contributed by atoms with Crippen molar-refractivity contribution in [2.75, 3.05) is 6.61 Å². The van der Waals surface area contributed by atoms with E-state index >= 15 is 0 Å². The Hall–Kier alpha value is -2.08. The third-order valence-corrected chi connectivity index (χ3v) is 3.08. The zero-order valence-electron chi connectivity index (χ0n) is 13.1. The average Bonchev–Trinajstić information content (AvgIpc) is 2.51. The monoisotopic (exact) mass is 309 g/mol. The van der Waals surface area contributed by atoms with Gasteiger partial charge in [0.2, 0.25) is 0 Å². The van der Waals surface area contributed by atoms with Crippen molar-refractivity contribution in [3.8, 4) is 0 Å². The standard InChI is InChI=1S/C16H23NO5/c1-4-21-15(19)14(18)13(11(2)3)17-16(20)22-10-12-8-6-5-7-9-12/h5-9,11,13-14,18H,4,10H2,1-3H3,(H,17,20)/t13-,14+/m0/s1. The highest BCUT2D eigenvalue weighted by atomic mass is 16.6. The van der Waals surface area contributed by atoms with E-state index in [2.05, 4.69) is 5.32 Å². The number of hydrogen-bond acceptors (Lipinski definition) is 5. The van der Waals surface area contributed by atoms with Crippen molar-refractivity contribution in [2.24, 2.45) is 5.92 Å². The van der Waals surface area contributed by atoms with Crippen LogP contribution in [0.15, 0.2) is 30.3 Å². The van der Waals surface area contributed by atoms with Crippen molar-refractivity contribution in [3.05, 3.63) is 35.9 Å². The molecule has 2 atom stereocenters. The Morgan fingerprint density at radius 3 is 2.36 bits per heavy atom. The van der Waals surface area contributed by atoms with Gasteiger partial charge in [0.25, 0.3) is 0 Å². The highest BCUT2D eigenvalue weighted by molar-refractivity contribution is 5.77. The molecular weight excluding hydrogens is 286 g/mol. The van der Waals surface area contributed by atoms with Crippen molar-refractivity contribution >= 4 is 12.1 Å². The summed E-state index contributed by atoms with van der Waals surface area (Å²) in [6.07, 6.45) is -2.12. The number of hydrogen-bond donors (Lipinski definition) is 2. The molecule has 122 valence electrons. The summed E-state index contributed by atoms with van der Waals surface area (Å²) < 4.78 is 9.85. The first kappa shape index (κ1) is 18.0. The van der Waals surface area contributed by atoms with Gasteiger partial charge in [-0.25, -0.2) is 9.59 Å². The third kappa shape index (κ3) is 5.73. The molecule has 0 aliphatic heterocycles. The van der Waals surface area contributed by atoms with Crippen molar-refractivity contribution < 1.29 is 24.2 Å². The Bertz CT molecular complexity index is 475. The second kappa shape index (κ2) is 9.04. The van der Waals surface area contributed by atoms with Gasteiger partial charge in [0, 0.05) is 0 Å². The van der Waals surface area contributed by atoms with Crippen LogP contribution in [0.25, 0.3) is 0 Å². The van der Waals surface area contributed by atoms with Gasteiger partial charge < -0.3 is 19.9 Å². The number of aliphatic hydroxyl groups excluding tert-OH is 1. The summed E-state index contributed by atoms with van der Waals surface area (Å²) in [5, 5.41) is 12.5. The molecule has 1 amide bonds. The highest BCUT2D eigenvalue weighted by Gasteiger charge is 2.31. The van der Waals surface area contributed by atoms with E-state index in [4.69, 9.17) is 9.47 Å². The minimum absolute atomic E-state index is 0.118. The zero-order chi connectivity index (χ0) is 16.5. The molecule has 0 fully saturated rings. The molecule has 6 heteroatoms. The number of alkyl carbamates (subject to hydrolysis) is 1. The lowest BCUT2D eigenvalue weighted by atomic mass is 9.99. The fourth-order valence-electron chi connectivity index (χ4n) is 1.89. The molecule has 0 unspecified atom stereocenters. The van der Waals surface area contributed by atoms with Gasteiger partial charge in [-0.05, 0) is 18.4 Å². The van der Waals surface area contributed by atoms with Crippen LogP contribution in [0.3, 0.4) is 0 Å². The number of carbonyl (C=O) groups excluding carboxylic acids is 2. The Kier molecular flexibility index (Phi) is 7.39. The normalized spacial score (nSPS) is 13.3. The van der Waals surface area contributed by atoms with Crippen LogP contribution in [0, 0.1) is 5.92 Å². The van der Waals surface area contributed by atoms with E-state index in [1.165, 1.54) is 0 Å². The van der Waals surface area contributed by atoms with E-state index in [1.807, 2.05) is 30.3 Å². The Morgan fingerprint density at radius 1 is 1.18 bits per heavy atom. The summed E-state index contributed by atoms with van der Waals surface area (Å²) in [4.78, 5) is 23.4. The van der Waals surface area contributed by atoms with Crippen molar-refractivity contribution in [1.29, 1.82) is 0 Å². The Labute approximate surface area is 130 Å². The fourth-order valence-corrected chi connectivity index (χ4v) is 1.89. The lowest BCUT2D eigenvalue weighted by Crippen LogP contribution is -2.50. The molecule has 0 radical (unpaired) electrons. The quantitative estimate of drug-likeness (QED) is 0.751. The van der Waals surface area contributed by atoms with Gasteiger partial charge in [-0.1, -0.05) is 44.2 Å². The number of carbonyl (C=O) groups is 2. The van der Waals surface area contributed by atoms with E-state index < -0.39 is 24.2 Å². The van der Waals surface area contributed by atoms with Gasteiger partial charge in [-0.15, -0.1) is 0 Å². The maximum atomic E-state index is 11.8. The van der Waals surface area contributed by atoms with Gasteiger partial charge in [-0.2, -0.15) is 0 Å². The summed E-state index contributed by atoms with van der Waals surface area (Å²) in [5.41, 5.74) is 0.852. The maximum absolute atomic E-state index is 11.8. The summed E-state index contributed by atoms with van der Waals surface area (Å²) in [7, 11) is 0. The van der Waals surface area contributed by atoms with Gasteiger partial charge in [-0.3, -0.25) is 0 Å². The van der Waals surface area contributed by atoms with Crippen LogP contribution in [0.2, 0.25) is 0 Å². The molecule has 0 aliphatic carbocycles. The molecule has 6 nitrogen and oxygen atoms in total. The average molecular weight is 309 g/mol. The molecule has 22 heavy (non-hydrogen) atoms. The number of esters is 1. The molecular formula is C16H23NO5. The molecule has 1 rings (SSSR count). The SMILES string of the molecule is CCOC(=O)[C@H](O)[C@@H](NC(=O)OCc1ccccc1)C(C)C. The number of benzene rings is 1. The molecule has 0 heterocycles. The lowest BCUT2D eigenvalue weighted by molar-refractivity contribution is -0.155. The van der Waals surface area contributed by atoms with Crippen LogP contribution >= 0.6 is 0 Å². The number of aliphatic hydroxyl groups is 1. The van der Waals surface area contributed by atoms with E-state index in [0.29, 0.717) is 0 Å². The molecule has 0 saturated carbocycles. The predicted molar refractivity (Wildman–Crippen MR) is 81.0 cm³/mol. The predicted octanol–water partition coefficient (Wildman–Crippen LogP) is 1.86. The lowest BCUT2D eigenvalue weighted by Gasteiger charge is -2.25. The zero-order valence-corrected chi connectivity index (χ0v) is 13.1. The first-order valence-corrected chi connectivity index (χ1v) is 7.27. The minimum Gasteiger partial charge on any atom is -0.464 e. The van der Waals surface area contributed by atoms with Crippen molar-refractivity contribution in [1.82, 2.24) is 5.32 Å². The van der Waals surface area contributed by atoms with Crippen LogP contribution in [-0.2, 0) is 20.9 Å². The summed E-state index contributed by atoms with van der Waals surface area (Å²) in [5.74, 6) is -0.923. The van der Waals surface area contributed by atoms with Crippen LogP contribution in [-0.4, -0.2) is 35.9 Å². The second-order valence-electron chi connectivity index (χ2n) is 5.17. The van der Waals surface area contributed by atoms with Gasteiger partial charge in [0.1, 0.15) is 6.61 Å². The molecule has 0 saturated heterocycles. The van der Waals surface area contributed by atoms with Crippen LogP contribution in [0.1, 0.15) is 26.3 Å². The summed E-state index contributed by atoms with van der Waals surface area (Å²) in [6.45, 7) is 5.50. The maximum Gasteiger partial charge on any atom is 0.407 e. The number of nitrogens with one attached hydrogen (secondary N) is 1. The highest BCUT2D eigenvalue weighted by Crippen LogP contribution is 2.09. The van der Waals surface area contributed by atoms with E-state index in [9.17, 15) is 14.7 Å². The van der Waals surface area contributed by atoms with Crippen LogP contribution in [0.4, 0.5) is 4.79 Å². The number of amides is 1. The topological polar surface area (TPSA) is 84.9 Å². The molecule has 1 aromatic rings. The number of ether oxygens (including phenoxy) is 2. The molecule has 1 aromatic carbocycles. The Balaban J connectivity index is 2.55. The first-order chi connectivity index (χ1) is 10.5. The minimum atomic E-state index is -1.43. The van der Waals surface area contributed by atoms with Crippen LogP contribution < -0.4 is 5.32 Å². The van der Waals surface area contributed by atoms with Crippen molar-refractivity contribution in [2.45, 2.75) is 39.5 Å². The molecule has 0 spiro atoms. The first-order valence-electron chi connectivity index (χ1n) is 7.27. The molecule has 0 bridgehead atoms. The van der Waals surface area contributed by atoms with E-state index in [1.54, 1.807) is 20.8 Å². The summed E-state index contributed by atoms with van der Waals surface area (Å²) >= 11 is 0. The number of rotatable bonds is 7. The smallest absolute Gasteiger partial charge is 0.407 e. The largest absolute Gasteiger partial charge is 0.464 e. The summed E-state index contributed by atoms with van der Waals surface area (Å²) in [6, 6.07) is 8.45. The van der Waals surface area contributed by atoms with Gasteiger partial charge in [0.05, 0.1) is 12.6 Å². The molecule has 0 aromatic heterocycles. The Morgan fingerprint density at radius 2 is 1.82 bits per heavy atom. The molecule has 0 aliphatic rings. The van der Waals surface area contributed by atoms with Gasteiger partial charge >= 0.3 is 12.1 Å². The molecule has 2 N–H and O–H groups in total. The van der Waals surface area contributed by atoms with Crippen LogP contribution in [0.5, 0.6) is 0 Å². The third-order valence-electron chi connectivity index (χ3n) is 3.08. The van der Waals surface area contributed by atoms with E-state index in [0.717, 1.165) is 5.56 Å². The van der Waals surface area contributed by atoms with E-state index in [-0.39, 0.29) is 19.1 Å².